The normalized spacial score (nSPS) is 9.79. The van der Waals surface area contributed by atoms with E-state index >= 15 is 0 Å². The van der Waals surface area contributed by atoms with Gasteiger partial charge in [-0.05, 0) is 6.92 Å². The summed E-state index contributed by atoms with van der Waals surface area (Å²) < 4.78 is 1.29. The van der Waals surface area contributed by atoms with Crippen LogP contribution < -0.4 is 5.32 Å². The summed E-state index contributed by atoms with van der Waals surface area (Å²) in [4.78, 5) is 21.5. The first-order valence-corrected chi connectivity index (χ1v) is 4.16. The molecule has 0 atom stereocenters. The molecular formula is C8H11N3O3. The van der Waals surface area contributed by atoms with Crippen molar-refractivity contribution < 1.29 is 14.7 Å². The number of hydrogen-bond acceptors (Lipinski definition) is 3. The lowest BCUT2D eigenvalue weighted by Crippen LogP contribution is -2.27. The van der Waals surface area contributed by atoms with Gasteiger partial charge < -0.3 is 10.4 Å². The number of amides is 1. The molecule has 0 spiro atoms. The molecule has 1 amide bonds. The van der Waals surface area contributed by atoms with Gasteiger partial charge >= 0.3 is 5.97 Å². The van der Waals surface area contributed by atoms with Gasteiger partial charge in [0.15, 0.2) is 0 Å². The minimum absolute atomic E-state index is 0.0428. The zero-order valence-corrected chi connectivity index (χ0v) is 7.73. The number of rotatable bonds is 4. The molecule has 0 aliphatic rings. The fourth-order valence-electron chi connectivity index (χ4n) is 0.961. The van der Waals surface area contributed by atoms with Crippen molar-refractivity contribution in [3.8, 4) is 0 Å². The molecule has 1 rings (SSSR count). The number of aromatic carboxylic acids is 1. The molecule has 0 bridgehead atoms. The van der Waals surface area contributed by atoms with Gasteiger partial charge in [0, 0.05) is 12.7 Å². The molecule has 0 radical (unpaired) electrons. The van der Waals surface area contributed by atoms with E-state index in [0.29, 0.717) is 6.54 Å². The standard InChI is InChI=1S/C8H11N3O3/c1-2-9-7(12)5-11-4-6(3-10-11)8(13)14/h3-4H,2,5H2,1H3,(H,9,12)(H,13,14). The van der Waals surface area contributed by atoms with E-state index in [0.717, 1.165) is 0 Å². The van der Waals surface area contributed by atoms with E-state index in [1.165, 1.54) is 17.1 Å². The van der Waals surface area contributed by atoms with Crippen molar-refractivity contribution >= 4 is 11.9 Å². The molecule has 6 nitrogen and oxygen atoms in total. The Balaban J connectivity index is 2.59. The van der Waals surface area contributed by atoms with Gasteiger partial charge in [0.25, 0.3) is 0 Å². The number of likely N-dealkylation sites (N-methyl/N-ethyl adjacent to an activating group) is 1. The van der Waals surface area contributed by atoms with Gasteiger partial charge in [-0.1, -0.05) is 0 Å². The highest BCUT2D eigenvalue weighted by atomic mass is 16.4. The molecular weight excluding hydrogens is 186 g/mol. The third-order valence-electron chi connectivity index (χ3n) is 1.56. The van der Waals surface area contributed by atoms with E-state index in [1.807, 2.05) is 6.92 Å². The lowest BCUT2D eigenvalue weighted by atomic mass is 10.4. The predicted molar refractivity (Wildman–Crippen MR) is 47.9 cm³/mol. The van der Waals surface area contributed by atoms with Crippen LogP contribution in [0.25, 0.3) is 0 Å². The third-order valence-corrected chi connectivity index (χ3v) is 1.56. The van der Waals surface area contributed by atoms with Crippen LogP contribution in [-0.2, 0) is 11.3 Å². The zero-order chi connectivity index (χ0) is 10.6. The highest BCUT2D eigenvalue weighted by molar-refractivity contribution is 5.87. The van der Waals surface area contributed by atoms with Gasteiger partial charge in [-0.3, -0.25) is 9.48 Å². The molecule has 0 aromatic carbocycles. The van der Waals surface area contributed by atoms with E-state index in [2.05, 4.69) is 10.4 Å². The Morgan fingerprint density at radius 1 is 1.64 bits per heavy atom. The minimum Gasteiger partial charge on any atom is -0.478 e. The van der Waals surface area contributed by atoms with Crippen molar-refractivity contribution in [1.82, 2.24) is 15.1 Å². The first kappa shape index (κ1) is 10.2. The SMILES string of the molecule is CCNC(=O)Cn1cc(C(=O)O)cn1. The molecule has 2 N–H and O–H groups in total. The second-order valence-electron chi connectivity index (χ2n) is 2.69. The average Bonchev–Trinajstić information content (AvgIpc) is 2.53. The van der Waals surface area contributed by atoms with Gasteiger partial charge in [-0.2, -0.15) is 5.10 Å². The number of carbonyl (C=O) groups excluding carboxylic acids is 1. The van der Waals surface area contributed by atoms with Crippen molar-refractivity contribution in [2.24, 2.45) is 0 Å². The van der Waals surface area contributed by atoms with Crippen LogP contribution in [0.3, 0.4) is 0 Å². The van der Waals surface area contributed by atoms with Crippen molar-refractivity contribution in [2.45, 2.75) is 13.5 Å². The molecule has 1 aromatic rings. The number of carboxylic acids is 1. The highest BCUT2D eigenvalue weighted by Crippen LogP contribution is 1.96. The van der Waals surface area contributed by atoms with Crippen LogP contribution in [0.15, 0.2) is 12.4 Å². The zero-order valence-electron chi connectivity index (χ0n) is 7.73. The Bertz CT molecular complexity index is 345. The van der Waals surface area contributed by atoms with E-state index in [1.54, 1.807) is 0 Å². The van der Waals surface area contributed by atoms with Crippen LogP contribution >= 0.6 is 0 Å². The molecule has 6 heteroatoms. The van der Waals surface area contributed by atoms with Gasteiger partial charge in [0.1, 0.15) is 6.54 Å². The summed E-state index contributed by atoms with van der Waals surface area (Å²) in [6.45, 7) is 2.40. The fraction of sp³-hybridized carbons (Fsp3) is 0.375. The number of nitrogens with zero attached hydrogens (tertiary/aromatic N) is 2. The van der Waals surface area contributed by atoms with E-state index < -0.39 is 5.97 Å². The lowest BCUT2D eigenvalue weighted by molar-refractivity contribution is -0.121. The van der Waals surface area contributed by atoms with Crippen molar-refractivity contribution in [3.63, 3.8) is 0 Å². The Kier molecular flexibility index (Phi) is 3.22. The number of carbonyl (C=O) groups is 2. The van der Waals surface area contributed by atoms with E-state index in [-0.39, 0.29) is 18.0 Å². The van der Waals surface area contributed by atoms with Crippen molar-refractivity contribution in [3.05, 3.63) is 18.0 Å². The first-order chi connectivity index (χ1) is 6.63. The van der Waals surface area contributed by atoms with Crippen molar-refractivity contribution in [2.75, 3.05) is 6.54 Å². The van der Waals surface area contributed by atoms with E-state index in [4.69, 9.17) is 5.11 Å². The number of nitrogens with one attached hydrogen (secondary N) is 1. The number of hydrogen-bond donors (Lipinski definition) is 2. The molecule has 14 heavy (non-hydrogen) atoms. The van der Waals surface area contributed by atoms with E-state index in [9.17, 15) is 9.59 Å². The molecule has 0 unspecified atom stereocenters. The largest absolute Gasteiger partial charge is 0.478 e. The number of aromatic nitrogens is 2. The summed E-state index contributed by atoms with van der Waals surface area (Å²) >= 11 is 0. The molecule has 0 saturated carbocycles. The van der Waals surface area contributed by atoms with Crippen LogP contribution in [-0.4, -0.2) is 33.3 Å². The average molecular weight is 197 g/mol. The van der Waals surface area contributed by atoms with Crippen LogP contribution in [0, 0.1) is 0 Å². The maximum Gasteiger partial charge on any atom is 0.338 e. The minimum atomic E-state index is -1.05. The summed E-state index contributed by atoms with van der Waals surface area (Å²) in [6.07, 6.45) is 2.53. The quantitative estimate of drug-likeness (QED) is 0.695. The summed E-state index contributed by atoms with van der Waals surface area (Å²) in [6, 6.07) is 0. The Hall–Kier alpha value is -1.85. The predicted octanol–water partition coefficient (Wildman–Crippen LogP) is -0.283. The van der Waals surface area contributed by atoms with Gasteiger partial charge in [-0.25, -0.2) is 4.79 Å². The monoisotopic (exact) mass is 197 g/mol. The Labute approximate surface area is 80.5 Å². The molecule has 0 aliphatic carbocycles. The second kappa shape index (κ2) is 4.40. The highest BCUT2D eigenvalue weighted by Gasteiger charge is 2.07. The topological polar surface area (TPSA) is 84.2 Å². The molecule has 0 fully saturated rings. The van der Waals surface area contributed by atoms with Crippen LogP contribution in [0.4, 0.5) is 0 Å². The van der Waals surface area contributed by atoms with Crippen LogP contribution in [0.1, 0.15) is 17.3 Å². The molecule has 1 heterocycles. The second-order valence-corrected chi connectivity index (χ2v) is 2.69. The molecule has 76 valence electrons. The van der Waals surface area contributed by atoms with Gasteiger partial charge in [-0.15, -0.1) is 0 Å². The summed E-state index contributed by atoms with van der Waals surface area (Å²) in [5.74, 6) is -1.24. The van der Waals surface area contributed by atoms with Gasteiger partial charge in [0.2, 0.25) is 5.91 Å². The number of carboxylic acid groups (broad SMARTS) is 1. The third kappa shape index (κ3) is 2.58. The molecule has 0 saturated heterocycles. The maximum absolute atomic E-state index is 11.1. The summed E-state index contributed by atoms with van der Waals surface area (Å²) in [5, 5.41) is 14.9. The van der Waals surface area contributed by atoms with Crippen LogP contribution in [0.5, 0.6) is 0 Å². The van der Waals surface area contributed by atoms with Crippen molar-refractivity contribution in [1.29, 1.82) is 0 Å². The maximum atomic E-state index is 11.1. The van der Waals surface area contributed by atoms with Gasteiger partial charge in [0.05, 0.1) is 11.8 Å². The molecule has 1 aromatic heterocycles. The lowest BCUT2D eigenvalue weighted by Gasteiger charge is -2.00. The Morgan fingerprint density at radius 3 is 2.86 bits per heavy atom. The smallest absolute Gasteiger partial charge is 0.338 e. The first-order valence-electron chi connectivity index (χ1n) is 4.16. The fourth-order valence-corrected chi connectivity index (χ4v) is 0.961. The molecule has 0 aliphatic heterocycles. The summed E-state index contributed by atoms with van der Waals surface area (Å²) in [5.41, 5.74) is 0.0781. The Morgan fingerprint density at radius 2 is 2.36 bits per heavy atom. The van der Waals surface area contributed by atoms with Crippen LogP contribution in [0.2, 0.25) is 0 Å². The summed E-state index contributed by atoms with van der Waals surface area (Å²) in [7, 11) is 0.